The molecule has 5 rings (SSSR count). The Hall–Kier alpha value is -4.66. The number of primary amides is 1. The van der Waals surface area contributed by atoms with Crippen LogP contribution in [0.5, 0.6) is 5.75 Å². The molecule has 8 heteroatoms. The highest BCUT2D eigenvalue weighted by Gasteiger charge is 2.50. The second-order valence-corrected chi connectivity index (χ2v) is 16.2. The first-order valence-corrected chi connectivity index (χ1v) is 16.6. The molecule has 0 unspecified atom stereocenters. The van der Waals surface area contributed by atoms with Crippen LogP contribution in [0.2, 0.25) is 5.04 Å². The normalized spacial score (nSPS) is 12.5. The van der Waals surface area contributed by atoms with Crippen LogP contribution in [0.15, 0.2) is 114 Å². The predicted octanol–water partition coefficient (Wildman–Crippen LogP) is 5.48. The molecule has 44 heavy (non-hydrogen) atoms. The topological polar surface area (TPSA) is 104 Å². The average molecular weight is 607 g/mol. The molecule has 0 aliphatic carbocycles. The van der Waals surface area contributed by atoms with E-state index in [9.17, 15) is 9.59 Å². The van der Waals surface area contributed by atoms with Gasteiger partial charge < -0.3 is 24.6 Å². The molecule has 0 saturated heterocycles. The number of nitrogens with two attached hydrogens (primary N) is 1. The Labute approximate surface area is 259 Å². The van der Waals surface area contributed by atoms with Gasteiger partial charge in [-0.2, -0.15) is 0 Å². The molecule has 3 N–H and O–H groups in total. The zero-order chi connectivity index (χ0) is 31.3. The van der Waals surface area contributed by atoms with E-state index in [-0.39, 0.29) is 11.6 Å². The summed E-state index contributed by atoms with van der Waals surface area (Å²) in [4.78, 5) is 26.5. The van der Waals surface area contributed by atoms with Gasteiger partial charge in [0.2, 0.25) is 5.91 Å². The van der Waals surface area contributed by atoms with Crippen molar-refractivity contribution in [2.24, 2.45) is 5.73 Å². The van der Waals surface area contributed by atoms with E-state index in [1.54, 1.807) is 25.1 Å². The number of benzene rings is 4. The van der Waals surface area contributed by atoms with Gasteiger partial charge in [0.25, 0.3) is 14.2 Å². The van der Waals surface area contributed by atoms with Crippen LogP contribution in [-0.4, -0.2) is 32.8 Å². The molecule has 7 nitrogen and oxygen atoms in total. The van der Waals surface area contributed by atoms with E-state index in [1.807, 2.05) is 66.7 Å². The lowest BCUT2D eigenvalue weighted by Crippen LogP contribution is -2.67. The summed E-state index contributed by atoms with van der Waals surface area (Å²) in [5, 5.41) is 5.24. The Bertz CT molecular complexity index is 1690. The van der Waals surface area contributed by atoms with E-state index >= 15 is 0 Å². The molecular formula is C36H38N2O5Si. The number of fused-ring (bicyclic) bond motifs is 1. The Kier molecular flexibility index (Phi) is 9.03. The smallest absolute Gasteiger partial charge is 0.261 e. The number of hydrogen-bond donors (Lipinski definition) is 2. The van der Waals surface area contributed by atoms with Gasteiger partial charge in [0.15, 0.2) is 0 Å². The number of rotatable bonds is 11. The molecule has 0 saturated carbocycles. The number of furan rings is 1. The number of carbonyl (C=O) groups excluding carboxylic acids is 2. The van der Waals surface area contributed by atoms with Crippen LogP contribution in [0.3, 0.4) is 0 Å². The van der Waals surface area contributed by atoms with Gasteiger partial charge in [-0.15, -0.1) is 0 Å². The first-order valence-electron chi connectivity index (χ1n) is 14.7. The van der Waals surface area contributed by atoms with Crippen molar-refractivity contribution in [3.8, 4) is 5.75 Å². The van der Waals surface area contributed by atoms with E-state index in [0.717, 1.165) is 15.9 Å². The lowest BCUT2D eigenvalue weighted by atomic mass is 10.1. The van der Waals surface area contributed by atoms with E-state index in [1.165, 1.54) is 0 Å². The standard InChI is InChI=1S/C36H38N2O5Si/c1-25-33(30-22-27(20-21-32(30)43-25)41-23-26-14-8-5-9-15-26)35(40)38-31(34(37)39)24-42-44(36(2,3)4,28-16-10-6-11-17-28)29-18-12-7-13-19-29/h5-22,31H,23-24H2,1-4H3,(H2,37,39)(H,38,40)/t31-/m0/s1. The number of aryl methyl sites for hydroxylation is 1. The van der Waals surface area contributed by atoms with Gasteiger partial charge in [0.05, 0.1) is 12.2 Å². The summed E-state index contributed by atoms with van der Waals surface area (Å²) in [5.74, 6) is -0.142. The van der Waals surface area contributed by atoms with Gasteiger partial charge >= 0.3 is 0 Å². The second kappa shape index (κ2) is 12.9. The van der Waals surface area contributed by atoms with Crippen molar-refractivity contribution in [2.45, 2.75) is 45.4 Å². The molecule has 0 fully saturated rings. The number of nitrogens with one attached hydrogen (secondary N) is 1. The number of hydrogen-bond acceptors (Lipinski definition) is 5. The molecule has 1 atom stereocenters. The molecule has 0 radical (unpaired) electrons. The quantitative estimate of drug-likeness (QED) is 0.194. The highest BCUT2D eigenvalue weighted by molar-refractivity contribution is 6.99. The number of amides is 2. The van der Waals surface area contributed by atoms with Crippen LogP contribution >= 0.6 is 0 Å². The Morgan fingerprint density at radius 1 is 0.864 bits per heavy atom. The lowest BCUT2D eigenvalue weighted by Gasteiger charge is -2.43. The molecule has 4 aromatic carbocycles. The Balaban J connectivity index is 1.42. The molecule has 0 spiro atoms. The molecule has 226 valence electrons. The van der Waals surface area contributed by atoms with E-state index < -0.39 is 26.2 Å². The summed E-state index contributed by atoms with van der Waals surface area (Å²) in [6.45, 7) is 8.46. The third-order valence-corrected chi connectivity index (χ3v) is 12.8. The van der Waals surface area contributed by atoms with E-state index in [2.05, 4.69) is 50.4 Å². The molecule has 2 amide bonds. The van der Waals surface area contributed by atoms with Crippen LogP contribution in [0.25, 0.3) is 11.0 Å². The first-order chi connectivity index (χ1) is 21.1. The zero-order valence-corrected chi connectivity index (χ0v) is 26.5. The largest absolute Gasteiger partial charge is 0.489 e. The molecule has 0 bridgehead atoms. The molecule has 1 heterocycles. The van der Waals surface area contributed by atoms with Gasteiger partial charge in [0.1, 0.15) is 29.7 Å². The van der Waals surface area contributed by atoms with Crippen molar-refractivity contribution < 1.29 is 23.2 Å². The number of ether oxygens (including phenoxy) is 1. The fraction of sp³-hybridized carbons (Fsp3) is 0.222. The Morgan fingerprint density at radius 3 is 1.98 bits per heavy atom. The maximum atomic E-state index is 13.7. The maximum absolute atomic E-state index is 13.7. The minimum Gasteiger partial charge on any atom is -0.489 e. The van der Waals surface area contributed by atoms with Crippen LogP contribution in [0.4, 0.5) is 0 Å². The lowest BCUT2D eigenvalue weighted by molar-refractivity contribution is -0.120. The highest BCUT2D eigenvalue weighted by atomic mass is 28.4. The molecule has 0 aliphatic rings. The summed E-state index contributed by atoms with van der Waals surface area (Å²) in [5.41, 5.74) is 7.75. The van der Waals surface area contributed by atoms with Gasteiger partial charge in [-0.05, 0) is 46.1 Å². The summed E-state index contributed by atoms with van der Waals surface area (Å²) in [6, 6.07) is 34.3. The minimum atomic E-state index is -2.97. The summed E-state index contributed by atoms with van der Waals surface area (Å²) in [7, 11) is -2.97. The fourth-order valence-corrected chi connectivity index (χ4v) is 10.3. The number of carbonyl (C=O) groups is 2. The third-order valence-electron chi connectivity index (χ3n) is 7.84. The SMILES string of the molecule is Cc1oc2ccc(OCc3ccccc3)cc2c1C(=O)N[C@@H](CO[Si](c1ccccc1)(c1ccccc1)C(C)(C)C)C(N)=O. The second-order valence-electron chi connectivity index (χ2n) is 11.9. The minimum absolute atomic E-state index is 0.0887. The van der Waals surface area contributed by atoms with Crippen LogP contribution in [0.1, 0.15) is 42.5 Å². The first kappa shape index (κ1) is 30.8. The fourth-order valence-electron chi connectivity index (χ4n) is 5.71. The third kappa shape index (κ3) is 6.32. The van der Waals surface area contributed by atoms with Crippen molar-refractivity contribution in [3.05, 3.63) is 126 Å². The van der Waals surface area contributed by atoms with Gasteiger partial charge in [-0.1, -0.05) is 112 Å². The van der Waals surface area contributed by atoms with Crippen LogP contribution < -0.4 is 26.2 Å². The van der Waals surface area contributed by atoms with Crippen molar-refractivity contribution in [1.29, 1.82) is 0 Å². The summed E-state index contributed by atoms with van der Waals surface area (Å²) < 4.78 is 18.8. The summed E-state index contributed by atoms with van der Waals surface area (Å²) in [6.07, 6.45) is 0. The predicted molar refractivity (Wildman–Crippen MR) is 176 cm³/mol. The van der Waals surface area contributed by atoms with E-state index in [4.69, 9.17) is 19.3 Å². The average Bonchev–Trinajstić information content (AvgIpc) is 3.35. The van der Waals surface area contributed by atoms with Crippen molar-refractivity contribution in [2.75, 3.05) is 6.61 Å². The zero-order valence-electron chi connectivity index (χ0n) is 25.5. The summed E-state index contributed by atoms with van der Waals surface area (Å²) >= 11 is 0. The molecular weight excluding hydrogens is 568 g/mol. The van der Waals surface area contributed by atoms with Crippen molar-refractivity contribution in [3.63, 3.8) is 0 Å². The molecule has 1 aromatic heterocycles. The van der Waals surface area contributed by atoms with Gasteiger partial charge in [-0.3, -0.25) is 9.59 Å². The van der Waals surface area contributed by atoms with Crippen molar-refractivity contribution >= 4 is 41.5 Å². The Morgan fingerprint density at radius 2 is 1.43 bits per heavy atom. The van der Waals surface area contributed by atoms with Crippen LogP contribution in [0, 0.1) is 6.92 Å². The highest BCUT2D eigenvalue weighted by Crippen LogP contribution is 2.37. The van der Waals surface area contributed by atoms with Crippen molar-refractivity contribution in [1.82, 2.24) is 5.32 Å². The van der Waals surface area contributed by atoms with Crippen LogP contribution in [-0.2, 0) is 15.8 Å². The van der Waals surface area contributed by atoms with E-state index in [0.29, 0.717) is 34.6 Å². The van der Waals surface area contributed by atoms with Gasteiger partial charge in [-0.25, -0.2) is 0 Å². The molecule has 5 aromatic rings. The van der Waals surface area contributed by atoms with Gasteiger partial charge in [0, 0.05) is 5.39 Å². The maximum Gasteiger partial charge on any atom is 0.261 e. The molecule has 0 aliphatic heterocycles. The monoisotopic (exact) mass is 606 g/mol.